The molecule has 0 spiro atoms. The predicted molar refractivity (Wildman–Crippen MR) is 50.8 cm³/mol. The molecule has 1 aliphatic rings. The number of rotatable bonds is 2. The van der Waals surface area contributed by atoms with Crippen LogP contribution in [0.4, 0.5) is 0 Å². The van der Waals surface area contributed by atoms with Gasteiger partial charge in [0.25, 0.3) is 0 Å². The van der Waals surface area contributed by atoms with Gasteiger partial charge in [-0.1, -0.05) is 6.58 Å². The molecule has 0 aromatic rings. The van der Waals surface area contributed by atoms with Crippen LogP contribution in [0.5, 0.6) is 0 Å². The smallest absolute Gasteiger partial charge is 0.327 e. The Labute approximate surface area is 87.7 Å². The number of hydrogen-bond donors (Lipinski definition) is 1. The molecule has 1 aliphatic carbocycles. The molecule has 0 aliphatic heterocycles. The van der Waals surface area contributed by atoms with Crippen LogP contribution < -0.4 is 0 Å². The standard InChI is InChI=1S/C10H14O5/c1-6-7(11)4-5-10(6,8(12)14-2)9(13)15-3/h7,11H,1,4-5H2,2-3H3. The number of carbonyl (C=O) groups excluding carboxylic acids is 2. The highest BCUT2D eigenvalue weighted by Crippen LogP contribution is 2.44. The monoisotopic (exact) mass is 214 g/mol. The summed E-state index contributed by atoms with van der Waals surface area (Å²) < 4.78 is 9.14. The van der Waals surface area contributed by atoms with E-state index in [1.54, 1.807) is 0 Å². The lowest BCUT2D eigenvalue weighted by Gasteiger charge is -2.24. The van der Waals surface area contributed by atoms with Gasteiger partial charge in [0.2, 0.25) is 0 Å². The van der Waals surface area contributed by atoms with Gasteiger partial charge in [-0.25, -0.2) is 0 Å². The van der Waals surface area contributed by atoms with Crippen LogP contribution in [0.2, 0.25) is 0 Å². The largest absolute Gasteiger partial charge is 0.468 e. The van der Waals surface area contributed by atoms with Gasteiger partial charge in [-0.05, 0) is 18.4 Å². The fraction of sp³-hybridized carbons (Fsp3) is 0.600. The second kappa shape index (κ2) is 4.02. The first-order valence-electron chi connectivity index (χ1n) is 4.55. The molecule has 15 heavy (non-hydrogen) atoms. The number of esters is 2. The summed E-state index contributed by atoms with van der Waals surface area (Å²) in [6, 6.07) is 0. The lowest BCUT2D eigenvalue weighted by Crippen LogP contribution is -2.41. The normalized spacial score (nSPS) is 23.7. The molecule has 0 aromatic heterocycles. The van der Waals surface area contributed by atoms with Crippen molar-refractivity contribution in [3.05, 3.63) is 12.2 Å². The molecule has 0 amide bonds. The number of aliphatic hydroxyl groups is 1. The zero-order valence-corrected chi connectivity index (χ0v) is 8.78. The highest BCUT2D eigenvalue weighted by molar-refractivity contribution is 6.04. The minimum atomic E-state index is -1.52. The van der Waals surface area contributed by atoms with E-state index < -0.39 is 23.5 Å². The summed E-state index contributed by atoms with van der Waals surface area (Å²) in [5, 5.41) is 9.51. The van der Waals surface area contributed by atoms with Crippen LogP contribution >= 0.6 is 0 Å². The maximum atomic E-state index is 11.6. The second-order valence-electron chi connectivity index (χ2n) is 3.47. The third kappa shape index (κ3) is 1.52. The summed E-state index contributed by atoms with van der Waals surface area (Å²) >= 11 is 0. The van der Waals surface area contributed by atoms with Crippen LogP contribution in [0, 0.1) is 5.41 Å². The maximum Gasteiger partial charge on any atom is 0.327 e. The Morgan fingerprint density at radius 1 is 1.40 bits per heavy atom. The van der Waals surface area contributed by atoms with Crippen molar-refractivity contribution in [2.24, 2.45) is 5.41 Å². The molecule has 1 fully saturated rings. The first-order valence-corrected chi connectivity index (χ1v) is 4.55. The van der Waals surface area contributed by atoms with Crippen molar-refractivity contribution in [1.29, 1.82) is 0 Å². The molecule has 5 nitrogen and oxygen atoms in total. The third-order valence-electron chi connectivity index (χ3n) is 2.81. The first kappa shape index (κ1) is 11.7. The van der Waals surface area contributed by atoms with Crippen LogP contribution in [-0.4, -0.2) is 37.4 Å². The van der Waals surface area contributed by atoms with E-state index in [1.165, 1.54) is 14.2 Å². The summed E-state index contributed by atoms with van der Waals surface area (Å²) in [4.78, 5) is 23.2. The zero-order chi connectivity index (χ0) is 11.6. The Morgan fingerprint density at radius 3 is 2.13 bits per heavy atom. The van der Waals surface area contributed by atoms with Crippen molar-refractivity contribution in [2.45, 2.75) is 18.9 Å². The van der Waals surface area contributed by atoms with E-state index >= 15 is 0 Å². The van der Waals surface area contributed by atoms with E-state index in [9.17, 15) is 14.7 Å². The van der Waals surface area contributed by atoms with Gasteiger partial charge in [-0.2, -0.15) is 0 Å². The highest BCUT2D eigenvalue weighted by Gasteiger charge is 2.56. The third-order valence-corrected chi connectivity index (χ3v) is 2.81. The molecule has 1 atom stereocenters. The van der Waals surface area contributed by atoms with Gasteiger partial charge < -0.3 is 14.6 Å². The summed E-state index contributed by atoms with van der Waals surface area (Å²) in [7, 11) is 2.37. The van der Waals surface area contributed by atoms with Crippen molar-refractivity contribution in [3.8, 4) is 0 Å². The predicted octanol–water partition coefficient (Wildman–Crippen LogP) is 0.0297. The van der Waals surface area contributed by atoms with Crippen molar-refractivity contribution in [2.75, 3.05) is 14.2 Å². The van der Waals surface area contributed by atoms with E-state index in [1.807, 2.05) is 0 Å². The highest BCUT2D eigenvalue weighted by atomic mass is 16.5. The van der Waals surface area contributed by atoms with Crippen molar-refractivity contribution in [1.82, 2.24) is 0 Å². The molecule has 1 N–H and O–H groups in total. The van der Waals surface area contributed by atoms with Gasteiger partial charge in [-0.15, -0.1) is 0 Å². The van der Waals surface area contributed by atoms with Gasteiger partial charge in [-0.3, -0.25) is 9.59 Å². The number of aliphatic hydroxyl groups excluding tert-OH is 1. The Hall–Kier alpha value is -1.36. The Kier molecular flexibility index (Phi) is 3.14. The number of methoxy groups -OCH3 is 2. The van der Waals surface area contributed by atoms with Gasteiger partial charge in [0, 0.05) is 0 Å². The molecule has 0 radical (unpaired) electrons. The van der Waals surface area contributed by atoms with Gasteiger partial charge in [0.15, 0.2) is 5.41 Å². The number of carbonyl (C=O) groups is 2. The molecule has 0 heterocycles. The summed E-state index contributed by atoms with van der Waals surface area (Å²) in [6.07, 6.45) is -0.377. The fourth-order valence-electron chi connectivity index (χ4n) is 1.87. The average molecular weight is 214 g/mol. The molecular weight excluding hydrogens is 200 g/mol. The van der Waals surface area contributed by atoms with Crippen molar-refractivity contribution >= 4 is 11.9 Å². The minimum Gasteiger partial charge on any atom is -0.468 e. The molecule has 1 rings (SSSR count). The molecule has 0 bridgehead atoms. The number of hydrogen-bond acceptors (Lipinski definition) is 5. The quantitative estimate of drug-likeness (QED) is 0.399. The molecule has 0 saturated heterocycles. The minimum absolute atomic E-state index is 0.154. The maximum absolute atomic E-state index is 11.6. The first-order chi connectivity index (χ1) is 7.00. The molecule has 1 unspecified atom stereocenters. The van der Waals surface area contributed by atoms with Crippen LogP contribution in [0.25, 0.3) is 0 Å². The van der Waals surface area contributed by atoms with Crippen molar-refractivity contribution in [3.63, 3.8) is 0 Å². The lowest BCUT2D eigenvalue weighted by atomic mass is 9.82. The van der Waals surface area contributed by atoms with Crippen LogP contribution in [0.1, 0.15) is 12.8 Å². The average Bonchev–Trinajstić information content (AvgIpc) is 2.55. The summed E-state index contributed by atoms with van der Waals surface area (Å²) in [6.45, 7) is 3.58. The second-order valence-corrected chi connectivity index (χ2v) is 3.47. The molecule has 1 saturated carbocycles. The molecular formula is C10H14O5. The SMILES string of the molecule is C=C1C(O)CCC1(C(=O)OC)C(=O)OC. The van der Waals surface area contributed by atoms with Crippen molar-refractivity contribution < 1.29 is 24.2 Å². The Morgan fingerprint density at radius 2 is 1.87 bits per heavy atom. The molecule has 5 heteroatoms. The van der Waals surface area contributed by atoms with Crippen LogP contribution in [0.3, 0.4) is 0 Å². The zero-order valence-electron chi connectivity index (χ0n) is 8.78. The Bertz CT molecular complexity index is 291. The van der Waals surface area contributed by atoms with Crippen LogP contribution in [0.15, 0.2) is 12.2 Å². The number of ether oxygens (including phenoxy) is 2. The van der Waals surface area contributed by atoms with Crippen LogP contribution in [-0.2, 0) is 19.1 Å². The summed E-state index contributed by atoms with van der Waals surface area (Å²) in [5.74, 6) is -1.45. The van der Waals surface area contributed by atoms with Gasteiger partial charge in [0.05, 0.1) is 20.3 Å². The molecule has 0 aromatic carbocycles. The van der Waals surface area contributed by atoms with E-state index in [0.29, 0.717) is 6.42 Å². The Balaban J connectivity index is 3.14. The topological polar surface area (TPSA) is 72.8 Å². The molecule has 84 valence electrons. The van der Waals surface area contributed by atoms with E-state index in [2.05, 4.69) is 16.1 Å². The van der Waals surface area contributed by atoms with E-state index in [-0.39, 0.29) is 12.0 Å². The summed E-state index contributed by atoms with van der Waals surface area (Å²) in [5.41, 5.74) is -1.37. The van der Waals surface area contributed by atoms with E-state index in [4.69, 9.17) is 0 Å². The fourth-order valence-corrected chi connectivity index (χ4v) is 1.87. The van der Waals surface area contributed by atoms with Gasteiger partial charge >= 0.3 is 11.9 Å². The lowest BCUT2D eigenvalue weighted by molar-refractivity contribution is -0.165. The van der Waals surface area contributed by atoms with E-state index in [0.717, 1.165) is 0 Å². The van der Waals surface area contributed by atoms with Gasteiger partial charge in [0.1, 0.15) is 0 Å².